The number of sulfone groups is 1. The molecule has 0 amide bonds. The van der Waals surface area contributed by atoms with Crippen LogP contribution in [-0.4, -0.2) is 22.6 Å². The van der Waals surface area contributed by atoms with Crippen LogP contribution in [0.2, 0.25) is 5.02 Å². The van der Waals surface area contributed by atoms with Gasteiger partial charge in [-0.15, -0.1) is 0 Å². The average Bonchev–Trinajstić information content (AvgIpc) is 2.57. The van der Waals surface area contributed by atoms with Gasteiger partial charge in [0.1, 0.15) is 0 Å². The van der Waals surface area contributed by atoms with Gasteiger partial charge >= 0.3 is 6.18 Å². The lowest BCUT2D eigenvalue weighted by atomic mass is 10.1. The summed E-state index contributed by atoms with van der Waals surface area (Å²) in [5.74, 6) is -0.294. The van der Waals surface area contributed by atoms with Gasteiger partial charge in [0.25, 0.3) is 0 Å². The summed E-state index contributed by atoms with van der Waals surface area (Å²) < 4.78 is 90.3. The number of alkyl halides is 3. The third kappa shape index (κ3) is 4.13. The molecule has 1 atom stereocenters. The van der Waals surface area contributed by atoms with Gasteiger partial charge in [-0.3, -0.25) is 0 Å². The van der Waals surface area contributed by atoms with Crippen molar-refractivity contribution < 1.29 is 30.0 Å². The van der Waals surface area contributed by atoms with E-state index in [9.17, 15) is 30.0 Å². The third-order valence-electron chi connectivity index (χ3n) is 4.13. The molecule has 146 valence electrons. The topological polar surface area (TPSA) is 80.3 Å². The van der Waals surface area contributed by atoms with Gasteiger partial charge in [0.05, 0.1) is 21.1 Å². The molecular weight excluding hydrogens is 427 g/mol. The lowest BCUT2D eigenvalue weighted by Crippen LogP contribution is -2.34. The summed E-state index contributed by atoms with van der Waals surface area (Å²) in [5.41, 5.74) is -0.927. The minimum absolute atomic E-state index is 0.0464. The first-order valence-corrected chi connectivity index (χ1v) is 11.1. The summed E-state index contributed by atoms with van der Waals surface area (Å²) in [6.45, 7) is 0. The normalized spacial score (nSPS) is 19.5. The van der Waals surface area contributed by atoms with Gasteiger partial charge in [-0.05, 0) is 48.4 Å². The number of nitrogens with one attached hydrogen (secondary N) is 1. The third-order valence-corrected chi connectivity index (χ3v) is 7.65. The summed E-state index contributed by atoms with van der Waals surface area (Å²) in [7, 11) is -7.90. The number of fused-ring (bicyclic) bond motifs is 1. The van der Waals surface area contributed by atoms with Gasteiger partial charge in [0.15, 0.2) is 9.84 Å². The first-order valence-electron chi connectivity index (χ1n) is 7.62. The van der Waals surface area contributed by atoms with Crippen molar-refractivity contribution >= 4 is 31.5 Å². The molecule has 0 spiro atoms. The predicted molar refractivity (Wildman–Crippen MR) is 92.6 cm³/mol. The summed E-state index contributed by atoms with van der Waals surface area (Å²) in [4.78, 5) is -0.607. The van der Waals surface area contributed by atoms with Crippen LogP contribution in [0.3, 0.4) is 0 Å². The van der Waals surface area contributed by atoms with Crippen molar-refractivity contribution in [2.75, 3.05) is 5.75 Å². The number of rotatable bonds is 3. The molecular formula is C16H13ClF3NO4S2. The molecule has 2 aromatic rings. The predicted octanol–water partition coefficient (Wildman–Crippen LogP) is 3.56. The quantitative estimate of drug-likeness (QED) is 0.793. The van der Waals surface area contributed by atoms with Crippen LogP contribution in [0.1, 0.15) is 23.6 Å². The minimum Gasteiger partial charge on any atom is -0.224 e. The van der Waals surface area contributed by atoms with Gasteiger partial charge in [-0.25, -0.2) is 21.6 Å². The van der Waals surface area contributed by atoms with Crippen molar-refractivity contribution in [1.29, 1.82) is 0 Å². The zero-order valence-corrected chi connectivity index (χ0v) is 15.9. The molecule has 0 aliphatic carbocycles. The van der Waals surface area contributed by atoms with E-state index >= 15 is 0 Å². The Morgan fingerprint density at radius 1 is 1.11 bits per heavy atom. The lowest BCUT2D eigenvalue weighted by Gasteiger charge is -2.26. The maximum Gasteiger partial charge on any atom is 0.416 e. The zero-order chi connectivity index (χ0) is 20.0. The summed E-state index contributed by atoms with van der Waals surface area (Å²) in [6, 6.07) is 6.40. The Balaban J connectivity index is 1.99. The summed E-state index contributed by atoms with van der Waals surface area (Å²) in [6.07, 6.45) is -4.75. The molecule has 0 fully saturated rings. The Morgan fingerprint density at radius 2 is 1.81 bits per heavy atom. The van der Waals surface area contributed by atoms with Crippen LogP contribution >= 0.6 is 11.6 Å². The molecule has 0 radical (unpaired) electrons. The monoisotopic (exact) mass is 439 g/mol. The summed E-state index contributed by atoms with van der Waals surface area (Å²) >= 11 is 5.90. The molecule has 11 heteroatoms. The molecule has 0 unspecified atom stereocenters. The molecule has 0 saturated heterocycles. The highest BCUT2D eigenvalue weighted by molar-refractivity contribution is 7.91. The van der Waals surface area contributed by atoms with Gasteiger partial charge in [-0.2, -0.15) is 13.2 Å². The highest BCUT2D eigenvalue weighted by Crippen LogP contribution is 2.35. The van der Waals surface area contributed by atoms with Gasteiger partial charge < -0.3 is 0 Å². The van der Waals surface area contributed by atoms with Crippen molar-refractivity contribution in [3.05, 3.63) is 58.6 Å². The zero-order valence-electron chi connectivity index (χ0n) is 13.5. The second-order valence-corrected chi connectivity index (χ2v) is 10.2. The van der Waals surface area contributed by atoms with E-state index in [0.717, 1.165) is 18.2 Å². The van der Waals surface area contributed by atoms with E-state index in [0.29, 0.717) is 6.07 Å². The second kappa shape index (κ2) is 6.77. The molecule has 0 bridgehead atoms. The van der Waals surface area contributed by atoms with E-state index in [1.165, 1.54) is 18.2 Å². The van der Waals surface area contributed by atoms with E-state index < -0.39 is 42.5 Å². The minimum atomic E-state index is -4.69. The van der Waals surface area contributed by atoms with Gasteiger partial charge in [-0.1, -0.05) is 17.7 Å². The smallest absolute Gasteiger partial charge is 0.224 e. The molecule has 0 aromatic heterocycles. The maximum absolute atomic E-state index is 12.8. The van der Waals surface area contributed by atoms with Crippen LogP contribution in [0.25, 0.3) is 0 Å². The van der Waals surface area contributed by atoms with Crippen molar-refractivity contribution in [2.24, 2.45) is 0 Å². The first kappa shape index (κ1) is 20.1. The van der Waals surface area contributed by atoms with Crippen LogP contribution < -0.4 is 4.72 Å². The highest BCUT2D eigenvalue weighted by atomic mass is 35.5. The van der Waals surface area contributed by atoms with E-state index in [1.807, 2.05) is 0 Å². The molecule has 1 heterocycles. The Morgan fingerprint density at radius 3 is 2.48 bits per heavy atom. The fourth-order valence-corrected chi connectivity index (χ4v) is 5.91. The second-order valence-electron chi connectivity index (χ2n) is 5.99. The van der Waals surface area contributed by atoms with Crippen LogP contribution in [0.4, 0.5) is 13.2 Å². The van der Waals surface area contributed by atoms with Gasteiger partial charge in [0.2, 0.25) is 10.0 Å². The van der Waals surface area contributed by atoms with Crippen LogP contribution in [0, 0.1) is 0 Å². The number of hydrogen-bond donors (Lipinski definition) is 1. The first-order chi connectivity index (χ1) is 12.4. The van der Waals surface area contributed by atoms with Crippen molar-refractivity contribution in [1.82, 2.24) is 4.72 Å². The largest absolute Gasteiger partial charge is 0.416 e. The van der Waals surface area contributed by atoms with E-state index in [2.05, 4.69) is 4.72 Å². The average molecular weight is 440 g/mol. The maximum atomic E-state index is 12.8. The van der Waals surface area contributed by atoms with Crippen molar-refractivity contribution in [2.45, 2.75) is 28.4 Å². The van der Waals surface area contributed by atoms with Crippen LogP contribution in [-0.2, 0) is 26.0 Å². The van der Waals surface area contributed by atoms with Gasteiger partial charge in [0, 0.05) is 11.1 Å². The van der Waals surface area contributed by atoms with Crippen molar-refractivity contribution in [3.63, 3.8) is 0 Å². The Bertz CT molecular complexity index is 1100. The molecule has 1 aliphatic heterocycles. The number of sulfonamides is 1. The standard InChI is InChI=1S/C16H13ClF3NO4S2/c17-11-4-5-15-13(9-11)14(6-7-26(15,22)23)21-27(24,25)12-3-1-2-10(8-12)16(18,19)20/h1-5,8-9,14,21H,6-7H2/t14-/m0/s1. The lowest BCUT2D eigenvalue weighted by molar-refractivity contribution is -0.137. The number of halogens is 4. The fourth-order valence-electron chi connectivity index (χ4n) is 2.83. The molecule has 2 aromatic carbocycles. The van der Waals surface area contributed by atoms with E-state index in [4.69, 9.17) is 11.6 Å². The SMILES string of the molecule is O=S1(=O)CC[C@H](NS(=O)(=O)c2cccc(C(F)(F)F)c2)c2cc(Cl)ccc21. The fraction of sp³-hybridized carbons (Fsp3) is 0.250. The Kier molecular flexibility index (Phi) is 5.04. The molecule has 27 heavy (non-hydrogen) atoms. The molecule has 1 N–H and O–H groups in total. The molecule has 5 nitrogen and oxygen atoms in total. The summed E-state index contributed by atoms with van der Waals surface area (Å²) in [5, 5.41) is 0.217. The molecule has 0 saturated carbocycles. The van der Waals surface area contributed by atoms with Crippen LogP contribution in [0.5, 0.6) is 0 Å². The molecule has 1 aliphatic rings. The Labute approximate surface area is 159 Å². The van der Waals surface area contributed by atoms with Crippen LogP contribution in [0.15, 0.2) is 52.3 Å². The van der Waals surface area contributed by atoms with Crippen molar-refractivity contribution in [3.8, 4) is 0 Å². The van der Waals surface area contributed by atoms with E-state index in [-0.39, 0.29) is 27.7 Å². The highest BCUT2D eigenvalue weighted by Gasteiger charge is 2.35. The Hall–Kier alpha value is -1.62. The number of benzene rings is 2. The molecule has 3 rings (SSSR count). The van der Waals surface area contributed by atoms with E-state index in [1.54, 1.807) is 0 Å². The number of hydrogen-bond acceptors (Lipinski definition) is 4.